The Morgan fingerprint density at radius 1 is 1.03 bits per heavy atom. The van der Waals surface area contributed by atoms with Crippen LogP contribution in [-0.2, 0) is 9.63 Å². The number of nitrogens with zero attached hydrogens (tertiary/aromatic N) is 2. The van der Waals surface area contributed by atoms with Gasteiger partial charge in [-0.05, 0) is 35.9 Å². The van der Waals surface area contributed by atoms with E-state index in [1.54, 1.807) is 36.4 Å². The van der Waals surface area contributed by atoms with E-state index in [2.05, 4.69) is 10.5 Å². The molecule has 35 heavy (non-hydrogen) atoms. The van der Waals surface area contributed by atoms with E-state index in [1.807, 2.05) is 48.5 Å². The average Bonchev–Trinajstić information content (AvgIpc) is 3.32. The van der Waals surface area contributed by atoms with Gasteiger partial charge in [-0.25, -0.2) is 0 Å². The molecule has 2 amide bonds. The second-order valence-electron chi connectivity index (χ2n) is 8.11. The molecule has 8 heteroatoms. The lowest BCUT2D eigenvalue weighted by atomic mass is 10.1. The van der Waals surface area contributed by atoms with Crippen LogP contribution in [-0.4, -0.2) is 53.8 Å². The first-order valence-corrected chi connectivity index (χ1v) is 11.3. The number of oxime groups is 1. The molecule has 1 aliphatic heterocycles. The van der Waals surface area contributed by atoms with Gasteiger partial charge in [0.1, 0.15) is 24.7 Å². The SMILES string of the molecule is CO/N=C1/CC(C(=O)NC[C@@H](O)c2ccccc2)N(C(=O)c2cccc(Oc3ccccc3)c2)C1. The van der Waals surface area contributed by atoms with Crippen LogP contribution in [0.3, 0.4) is 0 Å². The van der Waals surface area contributed by atoms with Crippen molar-refractivity contribution in [3.8, 4) is 11.5 Å². The summed E-state index contributed by atoms with van der Waals surface area (Å²) >= 11 is 0. The lowest BCUT2D eigenvalue weighted by molar-refractivity contribution is -0.125. The summed E-state index contributed by atoms with van der Waals surface area (Å²) in [4.78, 5) is 32.8. The van der Waals surface area contributed by atoms with Gasteiger partial charge in [0.05, 0.1) is 18.4 Å². The molecule has 1 aliphatic rings. The van der Waals surface area contributed by atoms with Crippen molar-refractivity contribution in [1.29, 1.82) is 0 Å². The number of hydrogen-bond acceptors (Lipinski definition) is 6. The highest BCUT2D eigenvalue weighted by Gasteiger charge is 2.38. The quantitative estimate of drug-likeness (QED) is 0.488. The van der Waals surface area contributed by atoms with Crippen LogP contribution in [0.5, 0.6) is 11.5 Å². The molecule has 0 spiro atoms. The molecule has 2 N–H and O–H groups in total. The molecule has 0 aromatic heterocycles. The number of likely N-dealkylation sites (tertiary alicyclic amines) is 1. The standard InChI is InChI=1S/C27H27N3O5/c1-34-29-21-16-24(26(32)28-17-25(31)19-9-4-2-5-10-19)30(18-21)27(33)20-11-8-14-23(15-20)35-22-12-6-3-7-13-22/h2-15,24-25,31H,16-18H2,1H3,(H,28,32)/b29-21-/t24?,25-/m1/s1. The van der Waals surface area contributed by atoms with Crippen LogP contribution in [0.1, 0.15) is 28.4 Å². The van der Waals surface area contributed by atoms with Crippen LogP contribution < -0.4 is 10.1 Å². The molecule has 0 bridgehead atoms. The molecule has 0 aliphatic carbocycles. The first-order chi connectivity index (χ1) is 17.0. The van der Waals surface area contributed by atoms with Gasteiger partial charge in [-0.1, -0.05) is 59.8 Å². The smallest absolute Gasteiger partial charge is 0.255 e. The van der Waals surface area contributed by atoms with Crippen molar-refractivity contribution in [2.75, 3.05) is 20.2 Å². The maximum Gasteiger partial charge on any atom is 0.255 e. The van der Waals surface area contributed by atoms with Gasteiger partial charge in [-0.2, -0.15) is 0 Å². The molecule has 8 nitrogen and oxygen atoms in total. The molecule has 3 aromatic rings. The van der Waals surface area contributed by atoms with Crippen molar-refractivity contribution in [3.63, 3.8) is 0 Å². The number of amides is 2. The number of aliphatic hydroxyl groups excluding tert-OH is 1. The van der Waals surface area contributed by atoms with E-state index in [-0.39, 0.29) is 31.3 Å². The maximum atomic E-state index is 13.4. The minimum absolute atomic E-state index is 0.0263. The topological polar surface area (TPSA) is 100 Å². The summed E-state index contributed by atoms with van der Waals surface area (Å²) in [7, 11) is 1.42. The van der Waals surface area contributed by atoms with Crippen molar-refractivity contribution in [3.05, 3.63) is 96.1 Å². The second kappa shape index (κ2) is 11.3. The number of para-hydroxylation sites is 1. The number of rotatable bonds is 8. The van der Waals surface area contributed by atoms with Gasteiger partial charge in [-0.15, -0.1) is 0 Å². The van der Waals surface area contributed by atoms with E-state index in [9.17, 15) is 14.7 Å². The highest BCUT2D eigenvalue weighted by atomic mass is 16.6. The molecule has 1 fully saturated rings. The van der Waals surface area contributed by atoms with Crippen molar-refractivity contribution >= 4 is 17.5 Å². The fourth-order valence-corrected chi connectivity index (χ4v) is 3.94. The number of carbonyl (C=O) groups is 2. The average molecular weight is 474 g/mol. The van der Waals surface area contributed by atoms with Crippen LogP contribution in [0.2, 0.25) is 0 Å². The summed E-state index contributed by atoms with van der Waals surface area (Å²) in [5, 5.41) is 17.1. The third-order valence-electron chi connectivity index (χ3n) is 5.66. The number of aliphatic hydroxyl groups is 1. The van der Waals surface area contributed by atoms with Gasteiger partial charge in [-0.3, -0.25) is 9.59 Å². The van der Waals surface area contributed by atoms with Gasteiger partial charge in [0.2, 0.25) is 5.91 Å². The van der Waals surface area contributed by atoms with Crippen LogP contribution in [0.25, 0.3) is 0 Å². The molecule has 1 saturated heterocycles. The van der Waals surface area contributed by atoms with Crippen LogP contribution in [0, 0.1) is 0 Å². The van der Waals surface area contributed by atoms with Gasteiger partial charge < -0.3 is 24.9 Å². The summed E-state index contributed by atoms with van der Waals surface area (Å²) in [6, 6.07) is 24.4. The number of hydrogen-bond donors (Lipinski definition) is 2. The largest absolute Gasteiger partial charge is 0.457 e. The Bertz CT molecular complexity index is 1180. The first kappa shape index (κ1) is 24.0. The third kappa shape index (κ3) is 6.04. The molecular formula is C27H27N3O5. The Hall–Kier alpha value is -4.17. The summed E-state index contributed by atoms with van der Waals surface area (Å²) in [5.74, 6) is 0.473. The van der Waals surface area contributed by atoms with Gasteiger partial charge in [0.25, 0.3) is 5.91 Å². The number of ether oxygens (including phenoxy) is 1. The molecule has 2 atom stereocenters. The Balaban J connectivity index is 1.48. The molecule has 3 aromatic carbocycles. The van der Waals surface area contributed by atoms with E-state index < -0.39 is 12.1 Å². The van der Waals surface area contributed by atoms with E-state index in [1.165, 1.54) is 12.0 Å². The highest BCUT2D eigenvalue weighted by Crippen LogP contribution is 2.25. The Morgan fingerprint density at radius 3 is 2.43 bits per heavy atom. The minimum atomic E-state index is -0.857. The van der Waals surface area contributed by atoms with Gasteiger partial charge >= 0.3 is 0 Å². The Morgan fingerprint density at radius 2 is 1.71 bits per heavy atom. The zero-order chi connectivity index (χ0) is 24.6. The lowest BCUT2D eigenvalue weighted by Crippen LogP contribution is -2.46. The Kier molecular flexibility index (Phi) is 7.74. The monoisotopic (exact) mass is 473 g/mol. The molecule has 0 saturated carbocycles. The molecule has 1 unspecified atom stereocenters. The van der Waals surface area contributed by atoms with E-state index in [0.717, 1.165) is 0 Å². The lowest BCUT2D eigenvalue weighted by Gasteiger charge is -2.24. The predicted octanol–water partition coefficient (Wildman–Crippen LogP) is 3.55. The second-order valence-corrected chi connectivity index (χ2v) is 8.11. The van der Waals surface area contributed by atoms with Crippen LogP contribution in [0.4, 0.5) is 0 Å². The summed E-state index contributed by atoms with van der Waals surface area (Å²) in [5.41, 5.74) is 1.67. The van der Waals surface area contributed by atoms with Crippen LogP contribution in [0.15, 0.2) is 90.1 Å². The molecule has 4 rings (SSSR count). The summed E-state index contributed by atoms with van der Waals surface area (Å²) in [6.07, 6.45) is -0.614. The van der Waals surface area contributed by atoms with E-state index in [0.29, 0.717) is 28.3 Å². The zero-order valence-electron chi connectivity index (χ0n) is 19.3. The maximum absolute atomic E-state index is 13.4. The molecule has 180 valence electrons. The van der Waals surface area contributed by atoms with Gasteiger partial charge in [0, 0.05) is 18.5 Å². The Labute approximate surface area is 203 Å². The van der Waals surface area contributed by atoms with E-state index in [4.69, 9.17) is 9.57 Å². The number of nitrogens with one attached hydrogen (secondary N) is 1. The fraction of sp³-hybridized carbons (Fsp3) is 0.222. The molecule has 0 radical (unpaired) electrons. The number of benzene rings is 3. The highest BCUT2D eigenvalue weighted by molar-refractivity contribution is 6.05. The first-order valence-electron chi connectivity index (χ1n) is 11.3. The zero-order valence-corrected chi connectivity index (χ0v) is 19.3. The fourth-order valence-electron chi connectivity index (χ4n) is 3.94. The molecule has 1 heterocycles. The third-order valence-corrected chi connectivity index (χ3v) is 5.66. The van der Waals surface area contributed by atoms with Crippen molar-refractivity contribution < 1.29 is 24.3 Å². The summed E-state index contributed by atoms with van der Waals surface area (Å²) < 4.78 is 5.85. The summed E-state index contributed by atoms with van der Waals surface area (Å²) in [6.45, 7) is 0.189. The van der Waals surface area contributed by atoms with Crippen LogP contribution >= 0.6 is 0 Å². The minimum Gasteiger partial charge on any atom is -0.457 e. The normalized spacial score (nSPS) is 17.1. The van der Waals surface area contributed by atoms with Gasteiger partial charge in [0.15, 0.2) is 0 Å². The predicted molar refractivity (Wildman–Crippen MR) is 131 cm³/mol. The van der Waals surface area contributed by atoms with Crippen molar-refractivity contribution in [2.24, 2.45) is 5.16 Å². The number of carbonyl (C=O) groups excluding carboxylic acids is 2. The molecular weight excluding hydrogens is 446 g/mol. The van der Waals surface area contributed by atoms with Crippen molar-refractivity contribution in [2.45, 2.75) is 18.6 Å². The van der Waals surface area contributed by atoms with Crippen molar-refractivity contribution in [1.82, 2.24) is 10.2 Å². The van der Waals surface area contributed by atoms with E-state index >= 15 is 0 Å².